The highest BCUT2D eigenvalue weighted by Gasteiger charge is 2.65. The summed E-state index contributed by atoms with van der Waals surface area (Å²) < 4.78 is 0. The summed E-state index contributed by atoms with van der Waals surface area (Å²) in [6.07, 6.45) is 2.03. The van der Waals surface area contributed by atoms with Crippen LogP contribution < -0.4 is 0 Å². The van der Waals surface area contributed by atoms with Crippen molar-refractivity contribution in [3.63, 3.8) is 0 Å². The highest BCUT2D eigenvalue weighted by molar-refractivity contribution is 5.90. The number of allylic oxidation sites excluding steroid dienone is 2. The Morgan fingerprint density at radius 1 is 1.28 bits per heavy atom. The van der Waals surface area contributed by atoms with E-state index in [-0.39, 0.29) is 0 Å². The van der Waals surface area contributed by atoms with Crippen LogP contribution in [0.2, 0.25) is 0 Å². The van der Waals surface area contributed by atoms with E-state index in [4.69, 9.17) is 10.2 Å². The largest absolute Gasteiger partial charge is 0.480 e. The first-order valence-electron chi connectivity index (χ1n) is 4.39. The van der Waals surface area contributed by atoms with Crippen molar-refractivity contribution >= 4 is 11.9 Å². The molecule has 2 unspecified atom stereocenters. The minimum absolute atomic E-state index is 0.515. The molecule has 96 valence electrons. The number of carboxylic acid groups (broad SMARTS) is 2. The Hall–Kier alpha value is -2.78. The second-order valence-electron chi connectivity index (χ2n) is 3.37. The fourth-order valence-corrected chi connectivity index (χ4v) is 1.63. The van der Waals surface area contributed by atoms with Gasteiger partial charge in [-0.25, -0.2) is 4.79 Å². The van der Waals surface area contributed by atoms with Gasteiger partial charge in [0.1, 0.15) is 0 Å². The maximum absolute atomic E-state index is 11.0. The molecule has 2 atom stereocenters. The molecule has 0 heterocycles. The van der Waals surface area contributed by atoms with Crippen LogP contribution in [0.25, 0.3) is 0 Å². The van der Waals surface area contributed by atoms with Crippen molar-refractivity contribution in [2.75, 3.05) is 0 Å². The molecule has 0 aromatic heterocycles. The molecule has 0 saturated carbocycles. The molecule has 0 bridgehead atoms. The van der Waals surface area contributed by atoms with Crippen molar-refractivity contribution in [1.82, 2.24) is 0 Å². The predicted octanol–water partition coefficient (Wildman–Crippen LogP) is -0.482. The molecule has 2 N–H and O–H groups in total. The van der Waals surface area contributed by atoms with E-state index < -0.39 is 38.9 Å². The lowest BCUT2D eigenvalue weighted by Crippen LogP contribution is -2.56. The van der Waals surface area contributed by atoms with E-state index >= 15 is 0 Å². The fraction of sp³-hybridized carbons (Fsp3) is 0.250. The number of rotatable bonds is 4. The molecule has 0 aromatic carbocycles. The van der Waals surface area contributed by atoms with E-state index in [1.54, 1.807) is 0 Å². The molecule has 0 aromatic rings. The second-order valence-corrected chi connectivity index (χ2v) is 3.37. The number of aliphatic carboxylic acids is 2. The van der Waals surface area contributed by atoms with Crippen molar-refractivity contribution in [3.8, 4) is 0 Å². The zero-order valence-corrected chi connectivity index (χ0v) is 8.55. The summed E-state index contributed by atoms with van der Waals surface area (Å²) in [6.45, 7) is 0. The van der Waals surface area contributed by atoms with Gasteiger partial charge in [0.05, 0.1) is 4.92 Å². The maximum Gasteiger partial charge on any atom is 0.388 e. The number of nitrogens with zero attached hydrogens (tertiary/aromatic N) is 2. The molecule has 0 aliphatic heterocycles. The van der Waals surface area contributed by atoms with E-state index in [1.807, 2.05) is 0 Å². The lowest BCUT2D eigenvalue weighted by Gasteiger charge is -2.23. The SMILES string of the molecule is O=C(O)C1C([N+](=O)[O-])=CC=CC1(C(=O)O)[N+](=O)[O-]. The van der Waals surface area contributed by atoms with Crippen LogP contribution >= 0.6 is 0 Å². The van der Waals surface area contributed by atoms with Crippen LogP contribution in [0.5, 0.6) is 0 Å². The van der Waals surface area contributed by atoms with Gasteiger partial charge in [-0.05, 0) is 0 Å². The van der Waals surface area contributed by atoms with Crippen LogP contribution in [-0.4, -0.2) is 37.5 Å². The van der Waals surface area contributed by atoms with E-state index in [2.05, 4.69) is 0 Å². The van der Waals surface area contributed by atoms with Gasteiger partial charge >= 0.3 is 17.5 Å². The van der Waals surface area contributed by atoms with Gasteiger partial charge in [0.25, 0.3) is 5.70 Å². The van der Waals surface area contributed by atoms with Gasteiger partial charge in [0.15, 0.2) is 0 Å². The smallest absolute Gasteiger partial charge is 0.388 e. The van der Waals surface area contributed by atoms with Gasteiger partial charge in [-0.3, -0.25) is 25.0 Å². The molecule has 0 amide bonds. The zero-order valence-electron chi connectivity index (χ0n) is 8.55. The Morgan fingerprint density at radius 2 is 1.83 bits per heavy atom. The molecule has 0 spiro atoms. The standard InChI is InChI=1S/C8H6N2O8/c11-6(12)5-4(9(15)16)2-1-3-8(5,7(13)14)10(17)18/h1-3,5H,(H,11,12)(H,13,14). The first-order chi connectivity index (χ1) is 8.25. The molecule has 1 rings (SSSR count). The minimum atomic E-state index is -3.08. The van der Waals surface area contributed by atoms with Crippen LogP contribution in [0.4, 0.5) is 0 Å². The Bertz CT molecular complexity index is 491. The van der Waals surface area contributed by atoms with E-state index in [0.29, 0.717) is 6.08 Å². The van der Waals surface area contributed by atoms with Crippen molar-refractivity contribution in [2.24, 2.45) is 5.92 Å². The first-order valence-corrected chi connectivity index (χ1v) is 4.39. The maximum atomic E-state index is 11.0. The summed E-state index contributed by atoms with van der Waals surface area (Å²) in [4.78, 5) is 40.9. The van der Waals surface area contributed by atoms with Crippen LogP contribution in [0, 0.1) is 26.1 Å². The average molecular weight is 258 g/mol. The van der Waals surface area contributed by atoms with Gasteiger partial charge in [0, 0.05) is 17.1 Å². The number of nitro groups is 2. The number of hydrogen-bond acceptors (Lipinski definition) is 6. The molecule has 0 radical (unpaired) electrons. The Balaban J connectivity index is 3.54. The third-order valence-corrected chi connectivity index (χ3v) is 2.46. The molecule has 1 aliphatic rings. The Kier molecular flexibility index (Phi) is 3.13. The summed E-state index contributed by atoms with van der Waals surface area (Å²) in [7, 11) is 0. The number of hydrogen-bond donors (Lipinski definition) is 2. The monoisotopic (exact) mass is 258 g/mol. The lowest BCUT2D eigenvalue weighted by molar-refractivity contribution is -0.555. The van der Waals surface area contributed by atoms with Gasteiger partial charge in [-0.1, -0.05) is 6.08 Å². The quantitative estimate of drug-likeness (QED) is 0.504. The summed E-state index contributed by atoms with van der Waals surface area (Å²) >= 11 is 0. The average Bonchev–Trinajstić information content (AvgIpc) is 2.26. The molecular weight excluding hydrogens is 252 g/mol. The molecule has 0 saturated heterocycles. The summed E-state index contributed by atoms with van der Waals surface area (Å²) in [5.41, 5.74) is -4.13. The third-order valence-electron chi connectivity index (χ3n) is 2.46. The van der Waals surface area contributed by atoms with E-state index in [9.17, 15) is 29.8 Å². The summed E-state index contributed by atoms with van der Waals surface area (Å²) in [5.74, 6) is -6.44. The van der Waals surface area contributed by atoms with Gasteiger partial charge in [-0.2, -0.15) is 0 Å². The third kappa shape index (κ3) is 1.69. The number of carboxylic acids is 2. The number of carbonyl (C=O) groups is 2. The van der Waals surface area contributed by atoms with Crippen LogP contribution in [0.1, 0.15) is 0 Å². The molecule has 10 nitrogen and oxygen atoms in total. The van der Waals surface area contributed by atoms with Crippen LogP contribution in [-0.2, 0) is 9.59 Å². The van der Waals surface area contributed by atoms with Crippen LogP contribution in [0.15, 0.2) is 23.9 Å². The Labute approximate surface area is 98.1 Å². The van der Waals surface area contributed by atoms with E-state index in [0.717, 1.165) is 12.2 Å². The zero-order chi connectivity index (χ0) is 14.1. The first kappa shape index (κ1) is 13.3. The van der Waals surface area contributed by atoms with Gasteiger partial charge in [-0.15, -0.1) is 0 Å². The van der Waals surface area contributed by atoms with Gasteiger partial charge < -0.3 is 10.2 Å². The normalized spacial score (nSPS) is 26.2. The van der Waals surface area contributed by atoms with Crippen molar-refractivity contribution in [2.45, 2.75) is 5.54 Å². The van der Waals surface area contributed by atoms with Crippen molar-refractivity contribution in [1.29, 1.82) is 0 Å². The van der Waals surface area contributed by atoms with Crippen molar-refractivity contribution < 1.29 is 29.6 Å². The summed E-state index contributed by atoms with van der Waals surface area (Å²) in [6, 6.07) is 0. The predicted molar refractivity (Wildman–Crippen MR) is 52.7 cm³/mol. The Morgan fingerprint density at radius 3 is 2.17 bits per heavy atom. The highest BCUT2D eigenvalue weighted by atomic mass is 16.6. The minimum Gasteiger partial charge on any atom is -0.480 e. The van der Waals surface area contributed by atoms with Gasteiger partial charge in [0.2, 0.25) is 5.92 Å². The molecule has 0 fully saturated rings. The summed E-state index contributed by atoms with van der Waals surface area (Å²) in [5, 5.41) is 39.2. The highest BCUT2D eigenvalue weighted by Crippen LogP contribution is 2.34. The molecule has 1 aliphatic carbocycles. The van der Waals surface area contributed by atoms with E-state index in [1.165, 1.54) is 0 Å². The molecule has 18 heavy (non-hydrogen) atoms. The van der Waals surface area contributed by atoms with Crippen LogP contribution in [0.3, 0.4) is 0 Å². The fourth-order valence-electron chi connectivity index (χ4n) is 1.63. The lowest BCUT2D eigenvalue weighted by atomic mass is 9.79. The molecule has 10 heteroatoms. The molecular formula is C8H6N2O8. The second kappa shape index (κ2) is 4.24. The van der Waals surface area contributed by atoms with Crippen molar-refractivity contribution in [3.05, 3.63) is 44.2 Å². The topological polar surface area (TPSA) is 161 Å².